The summed E-state index contributed by atoms with van der Waals surface area (Å²) < 4.78 is 0. The summed E-state index contributed by atoms with van der Waals surface area (Å²) in [6.07, 6.45) is 1.45. The molecule has 0 aliphatic rings. The Kier molecular flexibility index (Phi) is 5.47. The van der Waals surface area contributed by atoms with E-state index in [1.807, 2.05) is 6.92 Å². The lowest BCUT2D eigenvalue weighted by molar-refractivity contribution is -0.122. The Labute approximate surface area is 100 Å². The van der Waals surface area contributed by atoms with Gasteiger partial charge < -0.3 is 10.6 Å². The van der Waals surface area contributed by atoms with E-state index in [1.165, 1.54) is 0 Å². The predicted octanol–water partition coefficient (Wildman–Crippen LogP) is 2.46. The largest absolute Gasteiger partial charge is 0.351 e. The van der Waals surface area contributed by atoms with Crippen molar-refractivity contribution >= 4 is 5.91 Å². The van der Waals surface area contributed by atoms with Crippen LogP contribution in [0.3, 0.4) is 0 Å². The molecule has 0 aromatic rings. The molecule has 96 valence electrons. The van der Waals surface area contributed by atoms with Crippen molar-refractivity contribution in [2.24, 2.45) is 0 Å². The third-order valence-corrected chi connectivity index (χ3v) is 2.36. The van der Waals surface area contributed by atoms with Crippen LogP contribution in [0.2, 0.25) is 0 Å². The molecule has 0 aliphatic carbocycles. The molecular weight excluding hydrogens is 200 g/mol. The molecule has 2 N–H and O–H groups in total. The van der Waals surface area contributed by atoms with Crippen LogP contribution in [0.25, 0.3) is 0 Å². The number of nitrogens with one attached hydrogen (secondary N) is 2. The summed E-state index contributed by atoms with van der Waals surface area (Å²) >= 11 is 0. The first-order chi connectivity index (χ1) is 7.08. The van der Waals surface area contributed by atoms with Gasteiger partial charge in [-0.3, -0.25) is 4.79 Å². The zero-order valence-electron chi connectivity index (χ0n) is 11.9. The Morgan fingerprint density at radius 3 is 2.00 bits per heavy atom. The highest BCUT2D eigenvalue weighted by Gasteiger charge is 2.29. The van der Waals surface area contributed by atoms with Gasteiger partial charge in [0.2, 0.25) is 5.91 Å². The predicted molar refractivity (Wildman–Crippen MR) is 69.5 cm³/mol. The van der Waals surface area contributed by atoms with Gasteiger partial charge in [0, 0.05) is 23.5 Å². The van der Waals surface area contributed by atoms with E-state index >= 15 is 0 Å². The van der Waals surface area contributed by atoms with Crippen molar-refractivity contribution in [3.63, 3.8) is 0 Å². The van der Waals surface area contributed by atoms with Gasteiger partial charge in [-0.25, -0.2) is 0 Å². The minimum atomic E-state index is -0.168. The molecule has 0 bridgehead atoms. The smallest absolute Gasteiger partial charge is 0.220 e. The highest BCUT2D eigenvalue weighted by atomic mass is 16.1. The molecule has 0 saturated carbocycles. The standard InChI is InChI=1S/C13H28N2O/c1-8-11(16)15-13(6,7)9-12(4,5)14-10(2)3/h10,14H,8-9H2,1-7H3,(H,15,16). The third-order valence-electron chi connectivity index (χ3n) is 2.36. The lowest BCUT2D eigenvalue weighted by Gasteiger charge is -2.37. The minimum absolute atomic E-state index is 0.0265. The lowest BCUT2D eigenvalue weighted by Crippen LogP contribution is -2.53. The maximum absolute atomic E-state index is 11.4. The SMILES string of the molecule is CCC(=O)NC(C)(C)CC(C)(C)NC(C)C. The fourth-order valence-electron chi connectivity index (χ4n) is 2.45. The van der Waals surface area contributed by atoms with Crippen molar-refractivity contribution in [2.45, 2.75) is 78.4 Å². The quantitative estimate of drug-likeness (QED) is 0.733. The van der Waals surface area contributed by atoms with Crippen LogP contribution in [0.1, 0.15) is 61.3 Å². The van der Waals surface area contributed by atoms with E-state index in [1.54, 1.807) is 0 Å². The highest BCUT2D eigenvalue weighted by Crippen LogP contribution is 2.20. The van der Waals surface area contributed by atoms with Crippen LogP contribution in [0.15, 0.2) is 0 Å². The minimum Gasteiger partial charge on any atom is -0.351 e. The molecule has 0 heterocycles. The second-order valence-electron chi connectivity index (χ2n) is 6.15. The number of amides is 1. The van der Waals surface area contributed by atoms with Gasteiger partial charge in [0.05, 0.1) is 0 Å². The van der Waals surface area contributed by atoms with Gasteiger partial charge in [-0.1, -0.05) is 20.8 Å². The van der Waals surface area contributed by atoms with E-state index in [9.17, 15) is 4.79 Å². The maximum atomic E-state index is 11.4. The molecule has 16 heavy (non-hydrogen) atoms. The van der Waals surface area contributed by atoms with Crippen molar-refractivity contribution in [1.29, 1.82) is 0 Å². The van der Waals surface area contributed by atoms with Gasteiger partial charge in [-0.2, -0.15) is 0 Å². The number of carbonyl (C=O) groups excluding carboxylic acids is 1. The molecule has 0 atom stereocenters. The summed E-state index contributed by atoms with van der Waals surface area (Å²) in [5.41, 5.74) is -0.142. The maximum Gasteiger partial charge on any atom is 0.220 e. The molecule has 3 heteroatoms. The molecule has 0 fully saturated rings. The van der Waals surface area contributed by atoms with Gasteiger partial charge in [0.25, 0.3) is 0 Å². The van der Waals surface area contributed by atoms with Crippen LogP contribution in [-0.4, -0.2) is 23.0 Å². The fraction of sp³-hybridized carbons (Fsp3) is 0.923. The second kappa shape index (κ2) is 5.67. The molecule has 0 aromatic carbocycles. The van der Waals surface area contributed by atoms with E-state index in [4.69, 9.17) is 0 Å². The summed E-state index contributed by atoms with van der Waals surface area (Å²) in [6, 6.07) is 0.452. The molecular formula is C13H28N2O. The normalized spacial score (nSPS) is 13.0. The lowest BCUT2D eigenvalue weighted by atomic mass is 9.86. The van der Waals surface area contributed by atoms with E-state index in [2.05, 4.69) is 52.2 Å². The number of hydrogen-bond acceptors (Lipinski definition) is 2. The molecule has 1 amide bonds. The van der Waals surface area contributed by atoms with Crippen LogP contribution in [0.5, 0.6) is 0 Å². The van der Waals surface area contributed by atoms with Gasteiger partial charge in [0.1, 0.15) is 0 Å². The van der Waals surface area contributed by atoms with Crippen LogP contribution >= 0.6 is 0 Å². The van der Waals surface area contributed by atoms with Crippen LogP contribution in [0.4, 0.5) is 0 Å². The zero-order valence-corrected chi connectivity index (χ0v) is 11.9. The fourth-order valence-corrected chi connectivity index (χ4v) is 2.45. The molecule has 0 rings (SSSR count). The van der Waals surface area contributed by atoms with E-state index in [0.29, 0.717) is 12.5 Å². The van der Waals surface area contributed by atoms with Gasteiger partial charge in [0.15, 0.2) is 0 Å². The molecule has 3 nitrogen and oxygen atoms in total. The summed E-state index contributed by atoms with van der Waals surface area (Å²) in [5, 5.41) is 6.57. The zero-order chi connectivity index (χ0) is 13.0. The van der Waals surface area contributed by atoms with E-state index < -0.39 is 0 Å². The highest BCUT2D eigenvalue weighted by molar-refractivity contribution is 5.76. The third kappa shape index (κ3) is 6.83. The molecule has 0 spiro atoms. The van der Waals surface area contributed by atoms with Crippen molar-refractivity contribution in [1.82, 2.24) is 10.6 Å². The van der Waals surface area contributed by atoms with Crippen molar-refractivity contribution in [2.75, 3.05) is 0 Å². The number of rotatable bonds is 6. The molecule has 0 aliphatic heterocycles. The van der Waals surface area contributed by atoms with Gasteiger partial charge >= 0.3 is 0 Å². The van der Waals surface area contributed by atoms with Crippen LogP contribution < -0.4 is 10.6 Å². The van der Waals surface area contributed by atoms with Crippen LogP contribution in [0, 0.1) is 0 Å². The van der Waals surface area contributed by atoms with Crippen molar-refractivity contribution in [3.05, 3.63) is 0 Å². The van der Waals surface area contributed by atoms with E-state index in [-0.39, 0.29) is 17.0 Å². The van der Waals surface area contributed by atoms with Crippen LogP contribution in [-0.2, 0) is 4.79 Å². The average molecular weight is 228 g/mol. The Balaban J connectivity index is 4.38. The Morgan fingerprint density at radius 1 is 1.12 bits per heavy atom. The number of hydrogen-bond donors (Lipinski definition) is 2. The first-order valence-corrected chi connectivity index (χ1v) is 6.17. The van der Waals surface area contributed by atoms with Crippen molar-refractivity contribution in [3.8, 4) is 0 Å². The molecule has 0 saturated heterocycles. The molecule has 0 aromatic heterocycles. The summed E-state index contributed by atoms with van der Waals surface area (Å²) in [4.78, 5) is 11.4. The number of carbonyl (C=O) groups is 1. The Bertz CT molecular complexity index is 232. The summed E-state index contributed by atoms with van der Waals surface area (Å²) in [5.74, 6) is 0.116. The first kappa shape index (κ1) is 15.4. The monoisotopic (exact) mass is 228 g/mol. The Hall–Kier alpha value is -0.570. The second-order valence-corrected chi connectivity index (χ2v) is 6.15. The molecule has 0 radical (unpaired) electrons. The van der Waals surface area contributed by atoms with E-state index in [0.717, 1.165) is 6.42 Å². The molecule has 0 unspecified atom stereocenters. The Morgan fingerprint density at radius 2 is 1.62 bits per heavy atom. The average Bonchev–Trinajstić information content (AvgIpc) is 1.97. The topological polar surface area (TPSA) is 41.1 Å². The summed E-state index contributed by atoms with van der Waals surface area (Å²) in [6.45, 7) is 14.6. The van der Waals surface area contributed by atoms with Gasteiger partial charge in [-0.15, -0.1) is 0 Å². The van der Waals surface area contributed by atoms with Gasteiger partial charge in [-0.05, 0) is 34.1 Å². The first-order valence-electron chi connectivity index (χ1n) is 6.17. The summed E-state index contributed by atoms with van der Waals surface area (Å²) in [7, 11) is 0. The van der Waals surface area contributed by atoms with Crippen molar-refractivity contribution < 1.29 is 4.79 Å².